The second kappa shape index (κ2) is 8.71. The molecule has 6 nitrogen and oxygen atoms in total. The molecule has 1 fully saturated rings. The van der Waals surface area contributed by atoms with Crippen LogP contribution in [-0.2, 0) is 9.59 Å². The first-order chi connectivity index (χ1) is 11.7. The summed E-state index contributed by atoms with van der Waals surface area (Å²) in [5, 5.41) is 8.48. The van der Waals surface area contributed by atoms with Gasteiger partial charge in [0.2, 0.25) is 0 Å². The number of carboxylic acid groups (broad SMARTS) is 1. The van der Waals surface area contributed by atoms with Gasteiger partial charge in [0.1, 0.15) is 5.75 Å². The molecule has 0 unspecified atom stereocenters. The predicted molar refractivity (Wildman–Crippen MR) is 113 cm³/mol. The lowest BCUT2D eigenvalue weighted by molar-refractivity contribution is -0.139. The summed E-state index contributed by atoms with van der Waals surface area (Å²) in [6, 6.07) is 3.44. The van der Waals surface area contributed by atoms with Gasteiger partial charge in [0.25, 0.3) is 11.1 Å². The summed E-state index contributed by atoms with van der Waals surface area (Å²) in [5.41, 5.74) is 0.756. The molecular formula is C16H15I2NO5S. The number of benzene rings is 1. The van der Waals surface area contributed by atoms with Gasteiger partial charge in [0, 0.05) is 6.04 Å². The third-order valence-electron chi connectivity index (χ3n) is 3.51. The molecule has 0 radical (unpaired) electrons. The minimum absolute atomic E-state index is 0.134. The van der Waals surface area contributed by atoms with Gasteiger partial charge in [0.15, 0.2) is 6.61 Å². The zero-order chi connectivity index (χ0) is 18.7. The Balaban J connectivity index is 2.28. The van der Waals surface area contributed by atoms with Crippen LogP contribution in [0.25, 0.3) is 6.08 Å². The smallest absolute Gasteiger partial charge is 0.341 e. The van der Waals surface area contributed by atoms with E-state index < -0.39 is 12.6 Å². The van der Waals surface area contributed by atoms with Crippen molar-refractivity contribution in [3.8, 4) is 5.75 Å². The Morgan fingerprint density at radius 2 is 1.96 bits per heavy atom. The largest absolute Gasteiger partial charge is 0.480 e. The number of rotatable bonds is 6. The molecule has 0 saturated carbocycles. The van der Waals surface area contributed by atoms with Crippen molar-refractivity contribution in [2.45, 2.75) is 26.3 Å². The standard InChI is InChI=1S/C16H15I2NO5S/c1-3-8(2)19-15(22)12(25-16(19)23)6-9-4-10(17)14(11(18)5-9)24-7-13(20)21/h4-6,8H,3,7H2,1-2H3,(H,20,21)/b12-6+/t8-/m1/s1. The van der Waals surface area contributed by atoms with E-state index in [1.165, 1.54) is 4.90 Å². The zero-order valence-electron chi connectivity index (χ0n) is 13.4. The van der Waals surface area contributed by atoms with Gasteiger partial charge in [-0.25, -0.2) is 4.79 Å². The number of thioether (sulfide) groups is 1. The van der Waals surface area contributed by atoms with E-state index in [2.05, 4.69) is 45.2 Å². The van der Waals surface area contributed by atoms with E-state index in [0.29, 0.717) is 17.1 Å². The first-order valence-corrected chi connectivity index (χ1v) is 10.3. The molecule has 1 heterocycles. The molecule has 1 aliphatic rings. The number of aliphatic carboxylic acids is 1. The van der Waals surface area contributed by atoms with E-state index in [1.807, 2.05) is 13.8 Å². The topological polar surface area (TPSA) is 83.9 Å². The maximum atomic E-state index is 12.5. The lowest BCUT2D eigenvalue weighted by Crippen LogP contribution is -2.36. The Bertz CT molecular complexity index is 742. The molecule has 1 aliphatic heterocycles. The van der Waals surface area contributed by atoms with Gasteiger partial charge in [-0.3, -0.25) is 14.5 Å². The molecule has 2 amide bonds. The van der Waals surface area contributed by atoms with Crippen LogP contribution >= 0.6 is 56.9 Å². The van der Waals surface area contributed by atoms with Crippen molar-refractivity contribution in [1.82, 2.24) is 4.90 Å². The summed E-state index contributed by atoms with van der Waals surface area (Å²) in [6.07, 6.45) is 2.38. The molecule has 1 aromatic carbocycles. The van der Waals surface area contributed by atoms with Crippen LogP contribution in [-0.4, -0.2) is 39.8 Å². The fourth-order valence-corrected chi connectivity index (χ4v) is 5.19. The van der Waals surface area contributed by atoms with E-state index in [9.17, 15) is 14.4 Å². The second-order valence-corrected chi connectivity index (χ2v) is 8.62. The number of carbonyl (C=O) groups is 3. The molecule has 2 rings (SSSR count). The average molecular weight is 587 g/mol. The lowest BCUT2D eigenvalue weighted by atomic mass is 10.2. The molecule has 1 aromatic rings. The Hall–Kier alpha value is -0.820. The van der Waals surface area contributed by atoms with Crippen molar-refractivity contribution < 1.29 is 24.2 Å². The molecule has 1 N–H and O–H groups in total. The molecule has 25 heavy (non-hydrogen) atoms. The minimum atomic E-state index is -1.05. The third kappa shape index (κ3) is 4.88. The van der Waals surface area contributed by atoms with Crippen molar-refractivity contribution in [3.63, 3.8) is 0 Å². The minimum Gasteiger partial charge on any atom is -0.480 e. The highest BCUT2D eigenvalue weighted by molar-refractivity contribution is 14.1. The van der Waals surface area contributed by atoms with Crippen molar-refractivity contribution in [3.05, 3.63) is 29.7 Å². The van der Waals surface area contributed by atoms with Crippen molar-refractivity contribution >= 4 is 80.1 Å². The Kier molecular flexibility index (Phi) is 7.14. The van der Waals surface area contributed by atoms with Gasteiger partial charge >= 0.3 is 5.97 Å². The van der Waals surface area contributed by atoms with E-state index in [0.717, 1.165) is 24.5 Å². The monoisotopic (exact) mass is 587 g/mol. The number of hydrogen-bond donors (Lipinski definition) is 1. The number of halogens is 2. The first-order valence-electron chi connectivity index (χ1n) is 7.35. The molecule has 0 aliphatic carbocycles. The highest BCUT2D eigenvalue weighted by Gasteiger charge is 2.37. The molecule has 1 atom stereocenters. The highest BCUT2D eigenvalue weighted by Crippen LogP contribution is 2.36. The van der Waals surface area contributed by atoms with Crippen LogP contribution in [0.15, 0.2) is 17.0 Å². The van der Waals surface area contributed by atoms with Crippen molar-refractivity contribution in [1.29, 1.82) is 0 Å². The van der Waals surface area contributed by atoms with Gasteiger partial charge in [-0.15, -0.1) is 0 Å². The Morgan fingerprint density at radius 3 is 2.48 bits per heavy atom. The fourth-order valence-electron chi connectivity index (χ4n) is 2.13. The molecule has 1 saturated heterocycles. The van der Waals surface area contributed by atoms with Gasteiger partial charge in [-0.05, 0) is 94.1 Å². The Labute approximate surface area is 176 Å². The van der Waals surface area contributed by atoms with Crippen LogP contribution in [0, 0.1) is 7.14 Å². The molecule has 0 spiro atoms. The molecule has 134 valence electrons. The number of amides is 2. The number of nitrogens with zero attached hydrogens (tertiary/aromatic N) is 1. The third-order valence-corrected chi connectivity index (χ3v) is 6.00. The summed E-state index contributed by atoms with van der Waals surface area (Å²) in [4.78, 5) is 36.9. The van der Waals surface area contributed by atoms with Gasteiger partial charge in [-0.1, -0.05) is 6.92 Å². The normalized spacial score (nSPS) is 17.3. The summed E-state index contributed by atoms with van der Waals surface area (Å²) in [5.74, 6) is -0.830. The van der Waals surface area contributed by atoms with Crippen LogP contribution in [0.1, 0.15) is 25.8 Å². The number of carboxylic acids is 1. The maximum Gasteiger partial charge on any atom is 0.341 e. The van der Waals surface area contributed by atoms with Crippen molar-refractivity contribution in [2.75, 3.05) is 6.61 Å². The van der Waals surface area contributed by atoms with Crippen LogP contribution in [0.3, 0.4) is 0 Å². The fraction of sp³-hybridized carbons (Fsp3) is 0.312. The van der Waals surface area contributed by atoms with Gasteiger partial charge in [0.05, 0.1) is 12.0 Å². The first kappa shape index (κ1) is 20.5. The van der Waals surface area contributed by atoms with Gasteiger partial charge < -0.3 is 9.84 Å². The van der Waals surface area contributed by atoms with Crippen LogP contribution in [0.2, 0.25) is 0 Å². The van der Waals surface area contributed by atoms with Gasteiger partial charge in [-0.2, -0.15) is 0 Å². The second-order valence-electron chi connectivity index (χ2n) is 5.31. The van der Waals surface area contributed by atoms with E-state index in [-0.39, 0.29) is 17.2 Å². The maximum absolute atomic E-state index is 12.5. The van der Waals surface area contributed by atoms with Crippen molar-refractivity contribution in [2.24, 2.45) is 0 Å². The average Bonchev–Trinajstić information content (AvgIpc) is 2.79. The van der Waals surface area contributed by atoms with E-state index in [4.69, 9.17) is 9.84 Å². The molecule has 0 bridgehead atoms. The Morgan fingerprint density at radius 1 is 1.36 bits per heavy atom. The predicted octanol–water partition coefficient (Wildman–Crippen LogP) is 4.19. The number of ether oxygens (including phenoxy) is 1. The van der Waals surface area contributed by atoms with Crippen LogP contribution in [0.4, 0.5) is 4.79 Å². The summed E-state index contributed by atoms with van der Waals surface area (Å²) in [6.45, 7) is 3.36. The van der Waals surface area contributed by atoms with Crippen LogP contribution < -0.4 is 4.74 Å². The van der Waals surface area contributed by atoms with Crippen LogP contribution in [0.5, 0.6) is 5.75 Å². The number of hydrogen-bond acceptors (Lipinski definition) is 5. The number of carbonyl (C=O) groups excluding carboxylic acids is 2. The summed E-state index contributed by atoms with van der Waals surface area (Å²) in [7, 11) is 0. The SMILES string of the molecule is CC[C@@H](C)N1C(=O)S/C(=C/c2cc(I)c(OCC(=O)O)c(I)c2)C1=O. The molecule has 0 aromatic heterocycles. The van der Waals surface area contributed by atoms with E-state index >= 15 is 0 Å². The lowest BCUT2D eigenvalue weighted by Gasteiger charge is -2.19. The molecule has 9 heteroatoms. The quantitative estimate of drug-likeness (QED) is 0.397. The molecular weight excluding hydrogens is 572 g/mol. The van der Waals surface area contributed by atoms with E-state index in [1.54, 1.807) is 18.2 Å². The summed E-state index contributed by atoms with van der Waals surface area (Å²) >= 11 is 5.04. The highest BCUT2D eigenvalue weighted by atomic mass is 127. The summed E-state index contributed by atoms with van der Waals surface area (Å²) < 4.78 is 6.75. The number of imide groups is 1. The zero-order valence-corrected chi connectivity index (χ0v) is 18.5.